The van der Waals surface area contributed by atoms with Gasteiger partial charge in [-0.15, -0.1) is 0 Å². The first kappa shape index (κ1) is 17.7. The van der Waals surface area contributed by atoms with E-state index in [9.17, 15) is 4.79 Å². The Hall–Kier alpha value is -2.61. The Morgan fingerprint density at radius 3 is 2.83 bits per heavy atom. The Balaban J connectivity index is 2.11. The van der Waals surface area contributed by atoms with Gasteiger partial charge < -0.3 is 20.5 Å². The van der Waals surface area contributed by atoms with Crippen LogP contribution in [0.5, 0.6) is 11.5 Å². The number of hydrogen-bond donors (Lipinski definition) is 2. The third-order valence-corrected chi connectivity index (χ3v) is 3.51. The van der Waals surface area contributed by atoms with Crippen molar-refractivity contribution >= 4 is 5.91 Å². The fourth-order valence-corrected chi connectivity index (χ4v) is 2.24. The van der Waals surface area contributed by atoms with Crippen LogP contribution >= 0.6 is 0 Å². The fraction of sp³-hybridized carbons (Fsp3) is 0.438. The van der Waals surface area contributed by atoms with E-state index >= 15 is 0 Å². The molecule has 24 heavy (non-hydrogen) atoms. The lowest BCUT2D eigenvalue weighted by molar-refractivity contribution is 0.0937. The summed E-state index contributed by atoms with van der Waals surface area (Å²) in [5.74, 6) is 1.54. The molecule has 0 aliphatic heterocycles. The van der Waals surface area contributed by atoms with E-state index in [0.717, 1.165) is 6.42 Å². The number of methoxy groups -OCH3 is 1. The summed E-state index contributed by atoms with van der Waals surface area (Å²) in [5.41, 5.74) is 5.95. The summed E-state index contributed by atoms with van der Waals surface area (Å²) < 4.78 is 12.5. The van der Waals surface area contributed by atoms with Crippen LogP contribution in [0.1, 0.15) is 35.6 Å². The number of benzene rings is 1. The molecule has 2 aromatic rings. The highest BCUT2D eigenvalue weighted by Gasteiger charge is 2.17. The fourth-order valence-electron chi connectivity index (χ4n) is 2.24. The second-order valence-corrected chi connectivity index (χ2v) is 5.29. The monoisotopic (exact) mass is 333 g/mol. The second kappa shape index (κ2) is 8.30. The molecule has 0 fully saturated rings. The van der Waals surface area contributed by atoms with E-state index in [0.29, 0.717) is 36.0 Å². The number of nitrogens with one attached hydrogen (secondary N) is 1. The van der Waals surface area contributed by atoms with Crippen LogP contribution in [0.25, 0.3) is 0 Å². The zero-order valence-electron chi connectivity index (χ0n) is 14.2. The maximum atomic E-state index is 12.5. The van der Waals surface area contributed by atoms with Crippen molar-refractivity contribution in [1.29, 1.82) is 0 Å². The Labute approximate surface area is 141 Å². The van der Waals surface area contributed by atoms with E-state index < -0.39 is 0 Å². The van der Waals surface area contributed by atoms with Crippen LogP contribution in [0.2, 0.25) is 0 Å². The first-order valence-electron chi connectivity index (χ1n) is 7.72. The number of carbonyl (C=O) groups excluding carboxylic acids is 1. The molecule has 1 heterocycles. The highest BCUT2D eigenvalue weighted by atomic mass is 16.5. The van der Waals surface area contributed by atoms with Crippen molar-refractivity contribution < 1.29 is 14.3 Å². The predicted molar refractivity (Wildman–Crippen MR) is 89.0 cm³/mol. The molecule has 8 heteroatoms. The largest absolute Gasteiger partial charge is 0.493 e. The van der Waals surface area contributed by atoms with Crippen molar-refractivity contribution in [1.82, 2.24) is 20.1 Å². The van der Waals surface area contributed by atoms with Gasteiger partial charge in [-0.05, 0) is 38.1 Å². The van der Waals surface area contributed by atoms with Crippen molar-refractivity contribution in [2.24, 2.45) is 12.8 Å². The SMILES string of the molecule is COc1ccc(C(=O)N[C@@H](C)c2ncnn2C)cc1OCCCN. The molecule has 0 saturated heterocycles. The van der Waals surface area contributed by atoms with Gasteiger partial charge in [0.05, 0.1) is 19.8 Å². The minimum atomic E-state index is -0.270. The summed E-state index contributed by atoms with van der Waals surface area (Å²) in [7, 11) is 3.34. The summed E-state index contributed by atoms with van der Waals surface area (Å²) >= 11 is 0. The molecule has 0 bridgehead atoms. The molecule has 0 spiro atoms. The van der Waals surface area contributed by atoms with Crippen LogP contribution in [-0.4, -0.2) is 40.9 Å². The van der Waals surface area contributed by atoms with E-state index in [1.165, 1.54) is 6.33 Å². The van der Waals surface area contributed by atoms with Crippen LogP contribution in [-0.2, 0) is 7.05 Å². The van der Waals surface area contributed by atoms with Gasteiger partial charge in [0.15, 0.2) is 11.5 Å². The highest BCUT2D eigenvalue weighted by molar-refractivity contribution is 5.95. The topological polar surface area (TPSA) is 104 Å². The number of nitrogens with zero attached hydrogens (tertiary/aromatic N) is 3. The van der Waals surface area contributed by atoms with Crippen LogP contribution in [0, 0.1) is 0 Å². The molecule has 0 aliphatic carbocycles. The molecule has 0 unspecified atom stereocenters. The molecule has 1 aromatic heterocycles. The highest BCUT2D eigenvalue weighted by Crippen LogP contribution is 2.28. The lowest BCUT2D eigenvalue weighted by Crippen LogP contribution is -2.28. The molecule has 1 atom stereocenters. The van der Waals surface area contributed by atoms with Gasteiger partial charge in [-0.3, -0.25) is 9.48 Å². The molecule has 1 amide bonds. The van der Waals surface area contributed by atoms with E-state index in [2.05, 4.69) is 15.4 Å². The number of aromatic nitrogens is 3. The molecule has 0 radical (unpaired) electrons. The summed E-state index contributed by atoms with van der Waals surface area (Å²) in [6.45, 7) is 2.86. The van der Waals surface area contributed by atoms with Crippen molar-refractivity contribution in [3.05, 3.63) is 35.9 Å². The molecule has 0 saturated carbocycles. The molecule has 8 nitrogen and oxygen atoms in total. The number of amides is 1. The quantitative estimate of drug-likeness (QED) is 0.700. The van der Waals surface area contributed by atoms with E-state index in [1.54, 1.807) is 37.0 Å². The summed E-state index contributed by atoms with van der Waals surface area (Å²) in [6, 6.07) is 4.79. The Kier molecular flexibility index (Phi) is 6.14. The number of nitrogens with two attached hydrogens (primary N) is 1. The average Bonchev–Trinajstić information content (AvgIpc) is 3.01. The Morgan fingerprint density at radius 1 is 1.42 bits per heavy atom. The van der Waals surface area contributed by atoms with Gasteiger partial charge in [-0.25, -0.2) is 4.98 Å². The maximum absolute atomic E-state index is 12.5. The first-order chi connectivity index (χ1) is 11.6. The Morgan fingerprint density at radius 2 is 2.21 bits per heavy atom. The maximum Gasteiger partial charge on any atom is 0.252 e. The van der Waals surface area contributed by atoms with Crippen LogP contribution in [0.3, 0.4) is 0 Å². The number of hydrogen-bond acceptors (Lipinski definition) is 6. The van der Waals surface area contributed by atoms with Crippen molar-refractivity contribution in [2.75, 3.05) is 20.3 Å². The molecule has 130 valence electrons. The van der Waals surface area contributed by atoms with Crippen LogP contribution < -0.4 is 20.5 Å². The van der Waals surface area contributed by atoms with Gasteiger partial charge in [0.25, 0.3) is 5.91 Å². The number of carbonyl (C=O) groups is 1. The van der Waals surface area contributed by atoms with Gasteiger partial charge in [-0.1, -0.05) is 0 Å². The third kappa shape index (κ3) is 4.23. The van der Waals surface area contributed by atoms with Crippen LogP contribution in [0.4, 0.5) is 0 Å². The summed E-state index contributed by atoms with van der Waals surface area (Å²) in [6.07, 6.45) is 2.18. The van der Waals surface area contributed by atoms with Gasteiger partial charge in [0, 0.05) is 12.6 Å². The van der Waals surface area contributed by atoms with Crippen molar-refractivity contribution in [2.45, 2.75) is 19.4 Å². The average molecular weight is 333 g/mol. The first-order valence-corrected chi connectivity index (χ1v) is 7.72. The van der Waals surface area contributed by atoms with Gasteiger partial charge in [-0.2, -0.15) is 5.10 Å². The molecular weight excluding hydrogens is 310 g/mol. The molecule has 1 aromatic carbocycles. The molecule has 0 aliphatic rings. The Bertz CT molecular complexity index is 686. The standard InChI is InChI=1S/C16H23N5O3/c1-11(15-18-10-19-21(15)2)20-16(22)12-5-6-13(23-3)14(9-12)24-8-4-7-17/h5-6,9-11H,4,7-8,17H2,1-3H3,(H,20,22)/t11-/m0/s1. The zero-order chi connectivity index (χ0) is 17.5. The molecular formula is C16H23N5O3. The van der Waals surface area contributed by atoms with E-state index in [4.69, 9.17) is 15.2 Å². The van der Waals surface area contributed by atoms with Crippen LogP contribution in [0.15, 0.2) is 24.5 Å². The minimum Gasteiger partial charge on any atom is -0.493 e. The smallest absolute Gasteiger partial charge is 0.252 e. The lowest BCUT2D eigenvalue weighted by atomic mass is 10.1. The van der Waals surface area contributed by atoms with Gasteiger partial charge >= 0.3 is 0 Å². The number of aryl methyl sites for hydroxylation is 1. The van der Waals surface area contributed by atoms with Gasteiger partial charge in [0.2, 0.25) is 0 Å². The van der Waals surface area contributed by atoms with E-state index in [-0.39, 0.29) is 11.9 Å². The number of ether oxygens (including phenoxy) is 2. The third-order valence-electron chi connectivity index (χ3n) is 3.51. The molecule has 3 N–H and O–H groups in total. The normalized spacial score (nSPS) is 11.8. The molecule has 2 rings (SSSR count). The summed E-state index contributed by atoms with van der Waals surface area (Å²) in [4.78, 5) is 16.6. The second-order valence-electron chi connectivity index (χ2n) is 5.29. The van der Waals surface area contributed by atoms with Crippen molar-refractivity contribution in [3.8, 4) is 11.5 Å². The van der Waals surface area contributed by atoms with Gasteiger partial charge in [0.1, 0.15) is 12.2 Å². The summed E-state index contributed by atoms with van der Waals surface area (Å²) in [5, 5.41) is 6.90. The minimum absolute atomic E-state index is 0.225. The predicted octanol–water partition coefficient (Wildman–Crippen LogP) is 1.04. The van der Waals surface area contributed by atoms with Crippen molar-refractivity contribution in [3.63, 3.8) is 0 Å². The lowest BCUT2D eigenvalue weighted by Gasteiger charge is -2.15. The zero-order valence-corrected chi connectivity index (χ0v) is 14.2. The number of rotatable bonds is 8. The van der Waals surface area contributed by atoms with E-state index in [1.807, 2.05) is 6.92 Å².